The Labute approximate surface area is 88.2 Å². The van der Waals surface area contributed by atoms with Crippen LogP contribution in [0.5, 0.6) is 11.5 Å². The lowest BCUT2D eigenvalue weighted by molar-refractivity contribution is 0.171. The second kappa shape index (κ2) is 4.20. The first-order valence-corrected chi connectivity index (χ1v) is 4.84. The van der Waals surface area contributed by atoms with Crippen molar-refractivity contribution in [3.05, 3.63) is 23.8 Å². The summed E-state index contributed by atoms with van der Waals surface area (Å²) in [4.78, 5) is 0. The Balaban J connectivity index is 2.32. The molecule has 0 amide bonds. The minimum Gasteiger partial charge on any atom is -0.486 e. The summed E-state index contributed by atoms with van der Waals surface area (Å²) in [6.45, 7) is 1.44. The Morgan fingerprint density at radius 1 is 1.33 bits per heavy atom. The number of nitrogens with two attached hydrogens (primary N) is 1. The fourth-order valence-electron chi connectivity index (χ4n) is 1.54. The van der Waals surface area contributed by atoms with E-state index >= 15 is 0 Å². The zero-order valence-corrected chi connectivity index (χ0v) is 8.27. The van der Waals surface area contributed by atoms with Crippen LogP contribution in [0.2, 0.25) is 0 Å². The Kier molecular flexibility index (Phi) is 2.75. The molecule has 1 heterocycles. The van der Waals surface area contributed by atoms with Gasteiger partial charge in [0.05, 0.1) is 12.0 Å². The lowest BCUT2D eigenvalue weighted by Crippen LogP contribution is -2.16. The van der Waals surface area contributed by atoms with Crippen LogP contribution in [-0.2, 0) is 0 Å². The van der Waals surface area contributed by atoms with Crippen molar-refractivity contribution in [2.45, 2.75) is 5.92 Å². The van der Waals surface area contributed by atoms with Crippen LogP contribution in [-0.4, -0.2) is 19.8 Å². The highest BCUT2D eigenvalue weighted by atomic mass is 16.6. The second-order valence-electron chi connectivity index (χ2n) is 3.32. The first kappa shape index (κ1) is 9.81. The molecule has 0 saturated heterocycles. The quantitative estimate of drug-likeness (QED) is 0.781. The van der Waals surface area contributed by atoms with Gasteiger partial charge in [-0.1, -0.05) is 6.07 Å². The molecule has 78 valence electrons. The van der Waals surface area contributed by atoms with Crippen molar-refractivity contribution >= 4 is 0 Å². The summed E-state index contributed by atoms with van der Waals surface area (Å²) in [6.07, 6.45) is 0. The molecule has 1 unspecified atom stereocenters. The highest BCUT2D eigenvalue weighted by molar-refractivity contribution is 5.45. The van der Waals surface area contributed by atoms with Crippen molar-refractivity contribution in [1.82, 2.24) is 0 Å². The molecule has 1 aliphatic heterocycles. The van der Waals surface area contributed by atoms with E-state index in [1.165, 1.54) is 0 Å². The van der Waals surface area contributed by atoms with Crippen molar-refractivity contribution < 1.29 is 9.47 Å². The van der Waals surface area contributed by atoms with Gasteiger partial charge in [0.2, 0.25) is 0 Å². The van der Waals surface area contributed by atoms with Gasteiger partial charge in [0.1, 0.15) is 13.2 Å². The third-order valence-corrected chi connectivity index (χ3v) is 2.36. The number of nitrogens with zero attached hydrogens (tertiary/aromatic N) is 1. The number of ether oxygens (including phenoxy) is 2. The molecule has 0 fully saturated rings. The van der Waals surface area contributed by atoms with Gasteiger partial charge in [0.25, 0.3) is 0 Å². The summed E-state index contributed by atoms with van der Waals surface area (Å²) in [6, 6.07) is 7.66. The minimum atomic E-state index is -0.277. The lowest BCUT2D eigenvalue weighted by Gasteiger charge is -2.19. The smallest absolute Gasteiger partial charge is 0.161 e. The zero-order valence-electron chi connectivity index (χ0n) is 8.27. The van der Waals surface area contributed by atoms with Crippen LogP contribution in [0, 0.1) is 11.3 Å². The highest BCUT2D eigenvalue weighted by Crippen LogP contribution is 2.32. The van der Waals surface area contributed by atoms with Gasteiger partial charge in [-0.05, 0) is 17.7 Å². The van der Waals surface area contributed by atoms with Crippen LogP contribution in [0.25, 0.3) is 0 Å². The monoisotopic (exact) mass is 204 g/mol. The van der Waals surface area contributed by atoms with E-state index in [-0.39, 0.29) is 5.92 Å². The lowest BCUT2D eigenvalue weighted by atomic mass is 10.0. The number of benzene rings is 1. The first-order chi connectivity index (χ1) is 7.35. The molecule has 0 saturated carbocycles. The maximum Gasteiger partial charge on any atom is 0.161 e. The molecule has 0 aliphatic carbocycles. The standard InChI is InChI=1S/C11H12N2O2/c12-6-9(7-13)8-1-2-10-11(5-8)15-4-3-14-10/h1-2,5,9H,3-4,6,12H2. The van der Waals surface area contributed by atoms with Gasteiger partial charge in [-0.3, -0.25) is 0 Å². The number of rotatable bonds is 2. The van der Waals surface area contributed by atoms with Crippen molar-refractivity contribution in [2.24, 2.45) is 5.73 Å². The summed E-state index contributed by atoms with van der Waals surface area (Å²) < 4.78 is 10.8. The van der Waals surface area contributed by atoms with Crippen molar-refractivity contribution in [3.63, 3.8) is 0 Å². The van der Waals surface area contributed by atoms with E-state index in [1.54, 1.807) is 0 Å². The van der Waals surface area contributed by atoms with Gasteiger partial charge in [-0.15, -0.1) is 0 Å². The molecule has 1 aromatic carbocycles. The van der Waals surface area contributed by atoms with Gasteiger partial charge in [0.15, 0.2) is 11.5 Å². The van der Waals surface area contributed by atoms with Crippen molar-refractivity contribution in [2.75, 3.05) is 19.8 Å². The highest BCUT2D eigenvalue weighted by Gasteiger charge is 2.15. The molecule has 0 radical (unpaired) electrons. The Hall–Kier alpha value is -1.73. The number of hydrogen-bond donors (Lipinski definition) is 1. The van der Waals surface area contributed by atoms with Crippen molar-refractivity contribution in [3.8, 4) is 17.6 Å². The maximum absolute atomic E-state index is 8.88. The first-order valence-electron chi connectivity index (χ1n) is 4.84. The molecular weight excluding hydrogens is 192 g/mol. The van der Waals surface area contributed by atoms with E-state index in [0.29, 0.717) is 25.5 Å². The molecule has 0 bridgehead atoms. The van der Waals surface area contributed by atoms with Gasteiger partial charge in [-0.2, -0.15) is 5.26 Å². The Bertz CT molecular complexity index is 398. The SMILES string of the molecule is N#CC(CN)c1ccc2c(c1)OCCO2. The van der Waals surface area contributed by atoms with E-state index in [1.807, 2.05) is 18.2 Å². The predicted octanol–water partition coefficient (Wildman–Crippen LogP) is 1.02. The van der Waals surface area contributed by atoms with E-state index in [2.05, 4.69) is 6.07 Å². The summed E-state index contributed by atoms with van der Waals surface area (Å²) in [5.74, 6) is 1.16. The molecule has 4 nitrogen and oxygen atoms in total. The molecule has 1 aliphatic rings. The number of hydrogen-bond acceptors (Lipinski definition) is 4. The third kappa shape index (κ3) is 1.88. The van der Waals surface area contributed by atoms with E-state index in [4.69, 9.17) is 20.5 Å². The summed E-state index contributed by atoms with van der Waals surface area (Å²) >= 11 is 0. The van der Waals surface area contributed by atoms with Gasteiger partial charge < -0.3 is 15.2 Å². The third-order valence-electron chi connectivity index (χ3n) is 2.36. The van der Waals surface area contributed by atoms with Crippen LogP contribution >= 0.6 is 0 Å². The fourth-order valence-corrected chi connectivity index (χ4v) is 1.54. The van der Waals surface area contributed by atoms with E-state index < -0.39 is 0 Å². The van der Waals surface area contributed by atoms with E-state index in [9.17, 15) is 0 Å². The molecule has 15 heavy (non-hydrogen) atoms. The number of nitriles is 1. The Morgan fingerprint density at radius 3 is 2.73 bits per heavy atom. The zero-order chi connectivity index (χ0) is 10.7. The topological polar surface area (TPSA) is 68.3 Å². The largest absolute Gasteiger partial charge is 0.486 e. The molecule has 2 rings (SSSR count). The minimum absolute atomic E-state index is 0.277. The molecule has 0 aromatic heterocycles. The van der Waals surface area contributed by atoms with Crippen LogP contribution in [0.15, 0.2) is 18.2 Å². The molecule has 1 atom stereocenters. The molecule has 1 aromatic rings. The summed E-state index contributed by atoms with van der Waals surface area (Å²) in [7, 11) is 0. The normalized spacial score (nSPS) is 15.5. The molecular formula is C11H12N2O2. The second-order valence-corrected chi connectivity index (χ2v) is 3.32. The molecule has 2 N–H and O–H groups in total. The fraction of sp³-hybridized carbons (Fsp3) is 0.364. The van der Waals surface area contributed by atoms with Crippen LogP contribution < -0.4 is 15.2 Å². The van der Waals surface area contributed by atoms with Crippen LogP contribution in [0.3, 0.4) is 0 Å². The van der Waals surface area contributed by atoms with Gasteiger partial charge >= 0.3 is 0 Å². The van der Waals surface area contributed by atoms with E-state index in [0.717, 1.165) is 11.3 Å². The Morgan fingerprint density at radius 2 is 2.07 bits per heavy atom. The predicted molar refractivity (Wildman–Crippen MR) is 54.8 cm³/mol. The summed E-state index contributed by atoms with van der Waals surface area (Å²) in [5, 5.41) is 8.88. The van der Waals surface area contributed by atoms with Gasteiger partial charge in [0, 0.05) is 6.54 Å². The number of fused-ring (bicyclic) bond motifs is 1. The molecule has 4 heteroatoms. The average molecular weight is 204 g/mol. The average Bonchev–Trinajstić information content (AvgIpc) is 2.30. The maximum atomic E-state index is 8.88. The summed E-state index contributed by atoms with van der Waals surface area (Å²) in [5.41, 5.74) is 6.38. The van der Waals surface area contributed by atoms with Crippen LogP contribution in [0.4, 0.5) is 0 Å². The van der Waals surface area contributed by atoms with Crippen LogP contribution in [0.1, 0.15) is 11.5 Å². The molecule has 0 spiro atoms. The van der Waals surface area contributed by atoms with Gasteiger partial charge in [-0.25, -0.2) is 0 Å². The van der Waals surface area contributed by atoms with Crippen molar-refractivity contribution in [1.29, 1.82) is 5.26 Å².